The second kappa shape index (κ2) is 5.02. The highest BCUT2D eigenvalue weighted by atomic mass is 127. The first-order valence-corrected chi connectivity index (χ1v) is 7.05. The van der Waals surface area contributed by atoms with Gasteiger partial charge in [0.15, 0.2) is 5.65 Å². The highest BCUT2D eigenvalue weighted by Crippen LogP contribution is 2.26. The van der Waals surface area contributed by atoms with Crippen LogP contribution in [0.2, 0.25) is 5.02 Å². The maximum atomic E-state index is 10.9. The number of aromatic amines is 1. The van der Waals surface area contributed by atoms with E-state index < -0.39 is 5.97 Å². The number of H-pyrrole nitrogens is 1. The zero-order valence-electron chi connectivity index (χ0n) is 9.89. The molecule has 100 valence electrons. The van der Waals surface area contributed by atoms with Gasteiger partial charge in [-0.05, 0) is 40.8 Å². The van der Waals surface area contributed by atoms with Crippen molar-refractivity contribution in [1.82, 2.24) is 15.0 Å². The zero-order valence-corrected chi connectivity index (χ0v) is 12.8. The fraction of sp³-hybridized carbons (Fsp3) is 0. The van der Waals surface area contributed by atoms with Crippen LogP contribution in [-0.4, -0.2) is 26.0 Å². The Labute approximate surface area is 132 Å². The molecule has 2 aromatic heterocycles. The summed E-state index contributed by atoms with van der Waals surface area (Å²) in [6, 6.07) is 7.10. The lowest BCUT2D eigenvalue weighted by atomic mass is 10.2. The molecule has 0 aliphatic carbocycles. The Morgan fingerprint density at radius 1 is 1.35 bits per heavy atom. The lowest BCUT2D eigenvalue weighted by Gasteiger charge is -1.99. The van der Waals surface area contributed by atoms with Crippen molar-refractivity contribution in [1.29, 1.82) is 0 Å². The molecule has 1 aromatic carbocycles. The van der Waals surface area contributed by atoms with Crippen LogP contribution in [0.15, 0.2) is 30.5 Å². The summed E-state index contributed by atoms with van der Waals surface area (Å²) in [5.41, 5.74) is 1.99. The standard InChI is InChI=1S/C13H7ClIN3O2/c14-8-3-6(1-2-9(8)15)11-17-10-4-7(13(19)20)5-16-12(10)18-11/h1-5H,(H,19,20)(H,16,17,18). The van der Waals surface area contributed by atoms with Crippen molar-refractivity contribution in [2.75, 3.05) is 0 Å². The Bertz CT molecular complexity index is 832. The van der Waals surface area contributed by atoms with Gasteiger partial charge in [-0.25, -0.2) is 14.8 Å². The molecule has 3 aromatic rings. The van der Waals surface area contributed by atoms with Gasteiger partial charge in [0.1, 0.15) is 5.82 Å². The normalized spacial score (nSPS) is 10.9. The van der Waals surface area contributed by atoms with Gasteiger partial charge in [-0.15, -0.1) is 0 Å². The SMILES string of the molecule is O=C(O)c1cnc2nc(-c3ccc(I)c(Cl)c3)[nH]c2c1. The van der Waals surface area contributed by atoms with Crippen molar-refractivity contribution in [3.8, 4) is 11.4 Å². The molecular formula is C13H7ClIN3O2. The predicted molar refractivity (Wildman–Crippen MR) is 84.0 cm³/mol. The van der Waals surface area contributed by atoms with Gasteiger partial charge in [-0.1, -0.05) is 17.7 Å². The molecule has 0 saturated heterocycles. The minimum atomic E-state index is -1.02. The number of nitrogens with one attached hydrogen (secondary N) is 1. The molecule has 0 radical (unpaired) electrons. The van der Waals surface area contributed by atoms with E-state index in [1.165, 1.54) is 12.3 Å². The van der Waals surface area contributed by atoms with E-state index in [9.17, 15) is 4.79 Å². The fourth-order valence-corrected chi connectivity index (χ4v) is 2.31. The number of hydrogen-bond donors (Lipinski definition) is 2. The van der Waals surface area contributed by atoms with Crippen molar-refractivity contribution < 1.29 is 9.90 Å². The first kappa shape index (κ1) is 13.3. The van der Waals surface area contributed by atoms with Crippen LogP contribution < -0.4 is 0 Å². The van der Waals surface area contributed by atoms with Crippen molar-refractivity contribution in [2.45, 2.75) is 0 Å². The van der Waals surface area contributed by atoms with Gasteiger partial charge in [0.2, 0.25) is 0 Å². The lowest BCUT2D eigenvalue weighted by molar-refractivity contribution is 0.0696. The third kappa shape index (κ3) is 2.36. The number of rotatable bonds is 2. The highest BCUT2D eigenvalue weighted by Gasteiger charge is 2.10. The Balaban J connectivity index is 2.12. The van der Waals surface area contributed by atoms with E-state index in [2.05, 4.69) is 37.5 Å². The van der Waals surface area contributed by atoms with Gasteiger partial charge in [0.25, 0.3) is 0 Å². The van der Waals surface area contributed by atoms with Gasteiger partial charge < -0.3 is 10.1 Å². The van der Waals surface area contributed by atoms with Crippen LogP contribution in [-0.2, 0) is 0 Å². The number of aromatic carboxylic acids is 1. The number of imidazole rings is 1. The van der Waals surface area contributed by atoms with Crippen LogP contribution in [0, 0.1) is 3.57 Å². The molecule has 0 fully saturated rings. The molecule has 20 heavy (non-hydrogen) atoms. The van der Waals surface area contributed by atoms with Crippen LogP contribution in [0.5, 0.6) is 0 Å². The molecule has 7 heteroatoms. The number of aromatic nitrogens is 3. The van der Waals surface area contributed by atoms with Gasteiger partial charge in [-0.2, -0.15) is 0 Å². The summed E-state index contributed by atoms with van der Waals surface area (Å²) >= 11 is 8.23. The Hall–Kier alpha value is -1.67. The Morgan fingerprint density at radius 3 is 2.85 bits per heavy atom. The van der Waals surface area contributed by atoms with Crippen molar-refractivity contribution in [3.63, 3.8) is 0 Å². The summed E-state index contributed by atoms with van der Waals surface area (Å²) in [5, 5.41) is 9.58. The monoisotopic (exact) mass is 399 g/mol. The summed E-state index contributed by atoms with van der Waals surface area (Å²) < 4.78 is 0.954. The molecule has 3 rings (SSSR count). The smallest absolute Gasteiger partial charge is 0.337 e. The minimum Gasteiger partial charge on any atom is -0.478 e. The van der Waals surface area contributed by atoms with E-state index in [4.69, 9.17) is 16.7 Å². The quantitative estimate of drug-likeness (QED) is 0.646. The molecule has 0 amide bonds. The topological polar surface area (TPSA) is 78.9 Å². The molecule has 0 saturated carbocycles. The van der Waals surface area contributed by atoms with Gasteiger partial charge >= 0.3 is 5.97 Å². The fourth-order valence-electron chi connectivity index (χ4n) is 1.80. The Morgan fingerprint density at radius 2 is 2.15 bits per heavy atom. The largest absolute Gasteiger partial charge is 0.478 e. The first-order valence-electron chi connectivity index (χ1n) is 5.59. The second-order valence-electron chi connectivity index (χ2n) is 4.11. The molecule has 2 N–H and O–H groups in total. The van der Waals surface area contributed by atoms with E-state index in [1.807, 2.05) is 12.1 Å². The average molecular weight is 400 g/mol. The molecular weight excluding hydrogens is 393 g/mol. The van der Waals surface area contributed by atoms with Crippen LogP contribution in [0.3, 0.4) is 0 Å². The maximum absolute atomic E-state index is 10.9. The lowest BCUT2D eigenvalue weighted by Crippen LogP contribution is -1.96. The van der Waals surface area contributed by atoms with E-state index >= 15 is 0 Å². The molecule has 0 spiro atoms. The number of pyridine rings is 1. The molecule has 0 unspecified atom stereocenters. The van der Waals surface area contributed by atoms with Crippen LogP contribution in [0.1, 0.15) is 10.4 Å². The molecule has 5 nitrogen and oxygen atoms in total. The van der Waals surface area contributed by atoms with E-state index in [1.54, 1.807) is 6.07 Å². The number of halogens is 2. The van der Waals surface area contributed by atoms with Crippen LogP contribution >= 0.6 is 34.2 Å². The molecule has 0 aliphatic heterocycles. The number of carboxylic acid groups (broad SMARTS) is 1. The number of nitrogens with zero attached hydrogens (tertiary/aromatic N) is 2. The van der Waals surface area contributed by atoms with Crippen LogP contribution in [0.25, 0.3) is 22.6 Å². The van der Waals surface area contributed by atoms with Crippen LogP contribution in [0.4, 0.5) is 0 Å². The number of benzene rings is 1. The number of carboxylic acids is 1. The van der Waals surface area contributed by atoms with Gasteiger partial charge in [0, 0.05) is 15.3 Å². The van der Waals surface area contributed by atoms with E-state index in [0.717, 1.165) is 9.13 Å². The molecule has 2 heterocycles. The first-order chi connectivity index (χ1) is 9.54. The van der Waals surface area contributed by atoms with Gasteiger partial charge in [0.05, 0.1) is 16.1 Å². The molecule has 0 atom stereocenters. The Kier molecular flexibility index (Phi) is 3.35. The van der Waals surface area contributed by atoms with E-state index in [0.29, 0.717) is 22.0 Å². The summed E-state index contributed by atoms with van der Waals surface area (Å²) in [7, 11) is 0. The van der Waals surface area contributed by atoms with E-state index in [-0.39, 0.29) is 5.56 Å². The van der Waals surface area contributed by atoms with Gasteiger partial charge in [-0.3, -0.25) is 0 Å². The average Bonchev–Trinajstić information content (AvgIpc) is 2.84. The predicted octanol–water partition coefficient (Wildman–Crippen LogP) is 3.58. The van der Waals surface area contributed by atoms with Crippen molar-refractivity contribution >= 4 is 51.3 Å². The number of fused-ring (bicyclic) bond motifs is 1. The number of hydrogen-bond acceptors (Lipinski definition) is 3. The molecule has 0 aliphatic rings. The third-order valence-electron chi connectivity index (χ3n) is 2.78. The second-order valence-corrected chi connectivity index (χ2v) is 5.68. The summed E-state index contributed by atoms with van der Waals surface area (Å²) in [6.45, 7) is 0. The zero-order chi connectivity index (χ0) is 14.3. The highest BCUT2D eigenvalue weighted by molar-refractivity contribution is 14.1. The number of carbonyl (C=O) groups is 1. The summed E-state index contributed by atoms with van der Waals surface area (Å²) in [5.74, 6) is -0.416. The minimum absolute atomic E-state index is 0.119. The van der Waals surface area contributed by atoms with Crippen molar-refractivity contribution in [3.05, 3.63) is 44.6 Å². The summed E-state index contributed by atoms with van der Waals surface area (Å²) in [4.78, 5) is 22.3. The molecule has 0 bridgehead atoms. The van der Waals surface area contributed by atoms with Crippen molar-refractivity contribution in [2.24, 2.45) is 0 Å². The third-order valence-corrected chi connectivity index (χ3v) is 4.35. The summed E-state index contributed by atoms with van der Waals surface area (Å²) in [6.07, 6.45) is 1.29. The maximum Gasteiger partial charge on any atom is 0.337 e.